The number of carbonyl (C=O) groups excluding carboxylic acids is 1. The maximum absolute atomic E-state index is 12.1. The third-order valence-corrected chi connectivity index (χ3v) is 5.34. The van der Waals surface area contributed by atoms with E-state index in [-0.39, 0.29) is 30.4 Å². The first-order valence-corrected chi connectivity index (χ1v) is 10.7. The van der Waals surface area contributed by atoms with Gasteiger partial charge in [-0.3, -0.25) is 14.9 Å². The van der Waals surface area contributed by atoms with Crippen LogP contribution in [-0.4, -0.2) is 26.0 Å². The third kappa shape index (κ3) is 5.98. The fraction of sp³-hybridized carbons (Fsp3) is 0.182. The highest BCUT2D eigenvalue weighted by molar-refractivity contribution is 7.09. The van der Waals surface area contributed by atoms with Gasteiger partial charge < -0.3 is 14.0 Å². The first-order chi connectivity index (χ1) is 16.0. The van der Waals surface area contributed by atoms with Gasteiger partial charge in [0.15, 0.2) is 6.61 Å². The number of benzene rings is 2. The van der Waals surface area contributed by atoms with Gasteiger partial charge in [-0.2, -0.15) is 4.98 Å². The molecule has 0 saturated carbocycles. The number of hydrogen-bond donors (Lipinski definition) is 0. The van der Waals surface area contributed by atoms with Crippen molar-refractivity contribution >= 4 is 23.0 Å². The first-order valence-electron chi connectivity index (χ1n) is 9.82. The molecule has 2 heterocycles. The maximum Gasteiger partial charge on any atom is 0.312 e. The molecular weight excluding hydrogens is 448 g/mol. The number of ether oxygens (including phenoxy) is 2. The molecule has 11 heteroatoms. The minimum atomic E-state index is -0.493. The van der Waals surface area contributed by atoms with Crippen LogP contribution in [0.2, 0.25) is 0 Å². The Bertz CT molecular complexity index is 1250. The average molecular weight is 466 g/mol. The van der Waals surface area contributed by atoms with E-state index in [4.69, 9.17) is 14.0 Å². The first kappa shape index (κ1) is 22.1. The van der Waals surface area contributed by atoms with E-state index in [0.29, 0.717) is 17.9 Å². The van der Waals surface area contributed by atoms with Crippen LogP contribution in [0.3, 0.4) is 0 Å². The van der Waals surface area contributed by atoms with Gasteiger partial charge >= 0.3 is 5.97 Å². The molecule has 4 rings (SSSR count). The smallest absolute Gasteiger partial charge is 0.312 e. The van der Waals surface area contributed by atoms with Crippen LogP contribution < -0.4 is 4.74 Å². The standard InChI is InChI=1S/C22H18N4O6S/c1-14-2-8-18(9-3-14)30-12-20-23-16(13-33-20)10-21(27)31-11-19-24-22(25-32-19)15-4-6-17(7-5-15)26(28)29/h2-9,13H,10-12H2,1H3. The minimum absolute atomic E-state index is 0.00434. The van der Waals surface area contributed by atoms with Gasteiger partial charge in [-0.15, -0.1) is 11.3 Å². The summed E-state index contributed by atoms with van der Waals surface area (Å²) in [6, 6.07) is 13.5. The Morgan fingerprint density at radius 1 is 1.09 bits per heavy atom. The fourth-order valence-corrected chi connectivity index (χ4v) is 3.49. The quantitative estimate of drug-likeness (QED) is 0.201. The second-order valence-corrected chi connectivity index (χ2v) is 7.93. The number of aromatic nitrogens is 3. The number of carbonyl (C=O) groups is 1. The fourth-order valence-electron chi connectivity index (χ4n) is 2.78. The molecule has 33 heavy (non-hydrogen) atoms. The summed E-state index contributed by atoms with van der Waals surface area (Å²) in [5.41, 5.74) is 2.25. The molecule has 0 amide bonds. The Balaban J connectivity index is 1.25. The highest BCUT2D eigenvalue weighted by Gasteiger charge is 2.14. The van der Waals surface area contributed by atoms with Crippen LogP contribution in [-0.2, 0) is 29.2 Å². The topological polar surface area (TPSA) is 130 Å². The Hall–Kier alpha value is -4.12. The summed E-state index contributed by atoms with van der Waals surface area (Å²) < 4.78 is 16.0. The van der Waals surface area contributed by atoms with Gasteiger partial charge in [0.2, 0.25) is 5.82 Å². The average Bonchev–Trinajstić information content (AvgIpc) is 3.47. The molecule has 0 radical (unpaired) electrons. The lowest BCUT2D eigenvalue weighted by atomic mass is 10.2. The van der Waals surface area contributed by atoms with Crippen molar-refractivity contribution in [3.05, 3.63) is 86.2 Å². The lowest BCUT2D eigenvalue weighted by molar-refractivity contribution is -0.384. The number of hydrogen-bond acceptors (Lipinski definition) is 10. The Morgan fingerprint density at radius 3 is 2.58 bits per heavy atom. The van der Waals surface area contributed by atoms with Gasteiger partial charge in [0.05, 0.1) is 17.0 Å². The number of nitrogens with zero attached hydrogens (tertiary/aromatic N) is 4. The summed E-state index contributed by atoms with van der Waals surface area (Å²) in [5, 5.41) is 17.1. The third-order valence-electron chi connectivity index (χ3n) is 4.47. The summed E-state index contributed by atoms with van der Waals surface area (Å²) >= 11 is 1.41. The normalized spacial score (nSPS) is 10.7. The van der Waals surface area contributed by atoms with Crippen molar-refractivity contribution in [3.8, 4) is 17.1 Å². The van der Waals surface area contributed by atoms with E-state index < -0.39 is 10.9 Å². The Morgan fingerprint density at radius 2 is 1.85 bits per heavy atom. The van der Waals surface area contributed by atoms with Gasteiger partial charge in [-0.05, 0) is 31.2 Å². The van der Waals surface area contributed by atoms with Gasteiger partial charge in [-0.1, -0.05) is 22.9 Å². The van der Waals surface area contributed by atoms with Crippen molar-refractivity contribution in [2.24, 2.45) is 0 Å². The van der Waals surface area contributed by atoms with Crippen molar-refractivity contribution in [1.82, 2.24) is 15.1 Å². The van der Waals surface area contributed by atoms with Crippen LogP contribution in [0.4, 0.5) is 5.69 Å². The molecule has 0 unspecified atom stereocenters. The van der Waals surface area contributed by atoms with Gasteiger partial charge in [0.25, 0.3) is 11.6 Å². The van der Waals surface area contributed by atoms with Crippen molar-refractivity contribution in [2.75, 3.05) is 0 Å². The molecule has 0 bridgehead atoms. The van der Waals surface area contributed by atoms with Crippen LogP contribution in [0, 0.1) is 17.0 Å². The van der Waals surface area contributed by atoms with Crippen molar-refractivity contribution in [1.29, 1.82) is 0 Å². The zero-order valence-electron chi connectivity index (χ0n) is 17.5. The Labute approximate surface area is 192 Å². The molecule has 0 aliphatic heterocycles. The molecule has 2 aromatic heterocycles. The molecular formula is C22H18N4O6S. The number of nitro groups is 1. The summed E-state index contributed by atoms with van der Waals surface area (Å²) in [5.74, 6) is 0.627. The van der Waals surface area contributed by atoms with E-state index in [1.54, 1.807) is 5.38 Å². The van der Waals surface area contributed by atoms with E-state index in [2.05, 4.69) is 15.1 Å². The molecule has 0 atom stereocenters. The molecule has 168 valence electrons. The molecule has 2 aromatic carbocycles. The van der Waals surface area contributed by atoms with E-state index in [1.807, 2.05) is 31.2 Å². The number of non-ortho nitro benzene ring substituents is 1. The zero-order chi connectivity index (χ0) is 23.2. The van der Waals surface area contributed by atoms with Gasteiger partial charge in [0.1, 0.15) is 17.4 Å². The molecule has 0 saturated heterocycles. The zero-order valence-corrected chi connectivity index (χ0v) is 18.3. The lowest BCUT2D eigenvalue weighted by Gasteiger charge is -2.03. The van der Waals surface area contributed by atoms with E-state index in [1.165, 1.54) is 35.6 Å². The molecule has 0 aliphatic carbocycles. The number of esters is 1. The van der Waals surface area contributed by atoms with Crippen molar-refractivity contribution in [3.63, 3.8) is 0 Å². The molecule has 4 aromatic rings. The monoisotopic (exact) mass is 466 g/mol. The molecule has 0 N–H and O–H groups in total. The van der Waals surface area contributed by atoms with E-state index >= 15 is 0 Å². The van der Waals surface area contributed by atoms with Crippen LogP contribution in [0.25, 0.3) is 11.4 Å². The van der Waals surface area contributed by atoms with E-state index in [9.17, 15) is 14.9 Å². The van der Waals surface area contributed by atoms with Gasteiger partial charge in [0, 0.05) is 23.1 Å². The Kier molecular flexibility index (Phi) is 6.69. The number of thiazole rings is 1. The van der Waals surface area contributed by atoms with Crippen molar-refractivity contribution < 1.29 is 23.7 Å². The van der Waals surface area contributed by atoms with Crippen LogP contribution in [0.15, 0.2) is 58.4 Å². The SMILES string of the molecule is Cc1ccc(OCc2nc(CC(=O)OCc3nc(-c4ccc([N+](=O)[O-])cc4)no3)cs2)cc1. The van der Waals surface area contributed by atoms with Crippen LogP contribution >= 0.6 is 11.3 Å². The summed E-state index contributed by atoms with van der Waals surface area (Å²) in [7, 11) is 0. The van der Waals surface area contributed by atoms with Crippen molar-refractivity contribution in [2.45, 2.75) is 26.6 Å². The molecule has 0 aliphatic rings. The molecule has 10 nitrogen and oxygen atoms in total. The predicted molar refractivity (Wildman–Crippen MR) is 118 cm³/mol. The molecule has 0 fully saturated rings. The number of nitro benzene ring substituents is 1. The lowest BCUT2D eigenvalue weighted by Crippen LogP contribution is -2.08. The second-order valence-electron chi connectivity index (χ2n) is 6.99. The number of rotatable bonds is 9. The van der Waals surface area contributed by atoms with Crippen LogP contribution in [0.1, 0.15) is 22.2 Å². The maximum atomic E-state index is 12.1. The van der Waals surface area contributed by atoms with Crippen LogP contribution in [0.5, 0.6) is 5.75 Å². The highest BCUT2D eigenvalue weighted by Crippen LogP contribution is 2.20. The van der Waals surface area contributed by atoms with Gasteiger partial charge in [-0.25, -0.2) is 4.98 Å². The summed E-state index contributed by atoms with van der Waals surface area (Å²) in [6.07, 6.45) is 0.00434. The van der Waals surface area contributed by atoms with E-state index in [0.717, 1.165) is 16.3 Å². The highest BCUT2D eigenvalue weighted by atomic mass is 32.1. The second kappa shape index (κ2) is 10.0. The number of aryl methyl sites for hydroxylation is 1. The predicted octanol–water partition coefficient (Wildman–Crippen LogP) is 4.27. The summed E-state index contributed by atoms with van der Waals surface area (Å²) in [6.45, 7) is 2.13. The largest absolute Gasteiger partial charge is 0.486 e. The summed E-state index contributed by atoms with van der Waals surface area (Å²) in [4.78, 5) is 30.9. The molecule has 0 spiro atoms. The minimum Gasteiger partial charge on any atom is -0.486 e.